The first-order valence-electron chi connectivity index (χ1n) is 7.17. The highest BCUT2D eigenvalue weighted by molar-refractivity contribution is 5.90. The van der Waals surface area contributed by atoms with Gasteiger partial charge in [-0.1, -0.05) is 31.9 Å². The number of hydrogen-bond acceptors (Lipinski definition) is 2. The van der Waals surface area contributed by atoms with Gasteiger partial charge in [0.25, 0.3) is 0 Å². The Bertz CT molecular complexity index is 431. The van der Waals surface area contributed by atoms with Gasteiger partial charge in [-0.2, -0.15) is 0 Å². The summed E-state index contributed by atoms with van der Waals surface area (Å²) in [4.78, 5) is 12.0. The van der Waals surface area contributed by atoms with Crippen molar-refractivity contribution < 1.29 is 9.90 Å². The zero-order valence-electron chi connectivity index (χ0n) is 11.6. The molecule has 0 heterocycles. The van der Waals surface area contributed by atoms with Crippen LogP contribution in [0.25, 0.3) is 0 Å². The molecule has 0 radical (unpaired) electrons. The summed E-state index contributed by atoms with van der Waals surface area (Å²) in [6.45, 7) is 2.28. The van der Waals surface area contributed by atoms with Gasteiger partial charge in [0.2, 0.25) is 5.91 Å². The standard InChI is InChI=1S/C16H23NO2/c1-12-4-2-5-13(8-12)10-16(19)17-15-7-3-6-14(9-15)11-18/h3,6-7,9,12-13,18H,2,4-5,8,10-11H2,1H3,(H,17,19). The molecule has 2 unspecified atom stereocenters. The van der Waals surface area contributed by atoms with Crippen LogP contribution in [0.3, 0.4) is 0 Å². The number of carbonyl (C=O) groups excluding carboxylic acids is 1. The van der Waals surface area contributed by atoms with Crippen LogP contribution in [0.5, 0.6) is 0 Å². The number of carbonyl (C=O) groups is 1. The molecule has 2 N–H and O–H groups in total. The molecule has 2 rings (SSSR count). The highest BCUT2D eigenvalue weighted by atomic mass is 16.3. The Morgan fingerprint density at radius 1 is 1.42 bits per heavy atom. The summed E-state index contributed by atoms with van der Waals surface area (Å²) in [6.07, 6.45) is 5.52. The number of aliphatic hydroxyl groups is 1. The number of amides is 1. The molecule has 1 aromatic carbocycles. The predicted octanol–water partition coefficient (Wildman–Crippen LogP) is 3.33. The third-order valence-electron chi connectivity index (χ3n) is 3.91. The van der Waals surface area contributed by atoms with Gasteiger partial charge in [0, 0.05) is 12.1 Å². The van der Waals surface area contributed by atoms with Crippen LogP contribution in [0, 0.1) is 11.8 Å². The van der Waals surface area contributed by atoms with Crippen molar-refractivity contribution in [3.63, 3.8) is 0 Å². The highest BCUT2D eigenvalue weighted by Gasteiger charge is 2.21. The quantitative estimate of drug-likeness (QED) is 0.873. The topological polar surface area (TPSA) is 49.3 Å². The van der Waals surface area contributed by atoms with Gasteiger partial charge >= 0.3 is 0 Å². The maximum absolute atomic E-state index is 12.0. The number of hydrogen-bond donors (Lipinski definition) is 2. The minimum atomic E-state index is 0.00382. The molecule has 1 aliphatic rings. The minimum Gasteiger partial charge on any atom is -0.392 e. The molecule has 1 aliphatic carbocycles. The minimum absolute atomic E-state index is 0.00382. The molecule has 19 heavy (non-hydrogen) atoms. The lowest BCUT2D eigenvalue weighted by Gasteiger charge is -2.26. The molecule has 1 amide bonds. The van der Waals surface area contributed by atoms with E-state index in [4.69, 9.17) is 5.11 Å². The van der Waals surface area contributed by atoms with Crippen LogP contribution in [0.4, 0.5) is 5.69 Å². The van der Waals surface area contributed by atoms with Crippen molar-refractivity contribution in [1.82, 2.24) is 0 Å². The van der Waals surface area contributed by atoms with Crippen molar-refractivity contribution in [2.24, 2.45) is 11.8 Å². The van der Waals surface area contributed by atoms with E-state index in [0.717, 1.165) is 17.2 Å². The Kier molecular flexibility index (Phi) is 4.97. The third-order valence-corrected chi connectivity index (χ3v) is 3.91. The van der Waals surface area contributed by atoms with Gasteiger partial charge < -0.3 is 10.4 Å². The Balaban J connectivity index is 1.86. The fraction of sp³-hybridized carbons (Fsp3) is 0.562. The smallest absolute Gasteiger partial charge is 0.224 e. The lowest BCUT2D eigenvalue weighted by atomic mass is 9.81. The maximum atomic E-state index is 12.0. The molecule has 0 aromatic heterocycles. The molecular weight excluding hydrogens is 238 g/mol. The number of anilines is 1. The van der Waals surface area contributed by atoms with Gasteiger partial charge in [-0.15, -0.1) is 0 Å². The second-order valence-corrected chi connectivity index (χ2v) is 5.75. The van der Waals surface area contributed by atoms with E-state index in [1.165, 1.54) is 25.7 Å². The Morgan fingerprint density at radius 2 is 2.26 bits per heavy atom. The van der Waals surface area contributed by atoms with Crippen molar-refractivity contribution in [1.29, 1.82) is 0 Å². The molecule has 0 saturated heterocycles. The van der Waals surface area contributed by atoms with Crippen molar-refractivity contribution in [2.75, 3.05) is 5.32 Å². The monoisotopic (exact) mass is 261 g/mol. The van der Waals surface area contributed by atoms with E-state index in [1.807, 2.05) is 24.3 Å². The first kappa shape index (κ1) is 14.1. The third kappa shape index (κ3) is 4.35. The molecule has 0 spiro atoms. The van der Waals surface area contributed by atoms with E-state index < -0.39 is 0 Å². The number of benzene rings is 1. The van der Waals surface area contributed by atoms with Gasteiger partial charge in [-0.3, -0.25) is 4.79 Å². The highest BCUT2D eigenvalue weighted by Crippen LogP contribution is 2.30. The van der Waals surface area contributed by atoms with Crippen molar-refractivity contribution in [3.05, 3.63) is 29.8 Å². The van der Waals surface area contributed by atoms with Crippen LogP contribution in [-0.2, 0) is 11.4 Å². The molecule has 3 nitrogen and oxygen atoms in total. The van der Waals surface area contributed by atoms with Gasteiger partial charge in [0.05, 0.1) is 6.61 Å². The molecule has 0 bridgehead atoms. The first-order chi connectivity index (χ1) is 9.17. The van der Waals surface area contributed by atoms with E-state index >= 15 is 0 Å². The van der Waals surface area contributed by atoms with E-state index in [0.29, 0.717) is 12.3 Å². The molecule has 1 saturated carbocycles. The largest absolute Gasteiger partial charge is 0.392 e. The summed E-state index contributed by atoms with van der Waals surface area (Å²) in [6, 6.07) is 7.38. The molecule has 3 heteroatoms. The molecule has 2 atom stereocenters. The van der Waals surface area contributed by atoms with Crippen molar-refractivity contribution >= 4 is 11.6 Å². The van der Waals surface area contributed by atoms with Crippen LogP contribution in [0.15, 0.2) is 24.3 Å². The fourth-order valence-electron chi connectivity index (χ4n) is 2.97. The zero-order valence-corrected chi connectivity index (χ0v) is 11.6. The van der Waals surface area contributed by atoms with E-state index in [1.54, 1.807) is 0 Å². The first-order valence-corrected chi connectivity index (χ1v) is 7.17. The number of aliphatic hydroxyl groups excluding tert-OH is 1. The van der Waals surface area contributed by atoms with E-state index in [9.17, 15) is 4.79 Å². The summed E-state index contributed by atoms with van der Waals surface area (Å²) >= 11 is 0. The summed E-state index contributed by atoms with van der Waals surface area (Å²) in [7, 11) is 0. The average Bonchev–Trinajstić information content (AvgIpc) is 2.38. The zero-order chi connectivity index (χ0) is 13.7. The maximum Gasteiger partial charge on any atom is 0.224 e. The molecule has 1 aromatic rings. The molecular formula is C16H23NO2. The number of nitrogens with one attached hydrogen (secondary N) is 1. The fourth-order valence-corrected chi connectivity index (χ4v) is 2.97. The normalized spacial score (nSPS) is 23.1. The second kappa shape index (κ2) is 6.71. The lowest BCUT2D eigenvalue weighted by Crippen LogP contribution is -2.21. The van der Waals surface area contributed by atoms with Gasteiger partial charge in [0.15, 0.2) is 0 Å². The van der Waals surface area contributed by atoms with Crippen LogP contribution < -0.4 is 5.32 Å². The summed E-state index contributed by atoms with van der Waals surface area (Å²) in [5.74, 6) is 1.38. The van der Waals surface area contributed by atoms with Gasteiger partial charge in [-0.05, 0) is 42.4 Å². The summed E-state index contributed by atoms with van der Waals surface area (Å²) in [5.41, 5.74) is 1.60. The SMILES string of the molecule is CC1CCCC(CC(=O)Nc2cccc(CO)c2)C1. The van der Waals surface area contributed by atoms with Gasteiger partial charge in [0.1, 0.15) is 0 Å². The predicted molar refractivity (Wildman–Crippen MR) is 76.7 cm³/mol. The van der Waals surface area contributed by atoms with E-state index in [-0.39, 0.29) is 12.5 Å². The van der Waals surface area contributed by atoms with Crippen LogP contribution in [0.1, 0.15) is 44.6 Å². The van der Waals surface area contributed by atoms with Gasteiger partial charge in [-0.25, -0.2) is 0 Å². The molecule has 1 fully saturated rings. The molecule has 104 valence electrons. The van der Waals surface area contributed by atoms with Crippen LogP contribution in [-0.4, -0.2) is 11.0 Å². The Morgan fingerprint density at radius 3 is 3.00 bits per heavy atom. The Hall–Kier alpha value is -1.35. The Labute approximate surface area is 115 Å². The lowest BCUT2D eigenvalue weighted by molar-refractivity contribution is -0.117. The molecule has 0 aliphatic heterocycles. The number of rotatable bonds is 4. The van der Waals surface area contributed by atoms with Crippen LogP contribution in [0.2, 0.25) is 0 Å². The average molecular weight is 261 g/mol. The summed E-state index contributed by atoms with van der Waals surface area (Å²) in [5, 5.41) is 12.0. The van der Waals surface area contributed by atoms with Crippen molar-refractivity contribution in [3.8, 4) is 0 Å². The van der Waals surface area contributed by atoms with E-state index in [2.05, 4.69) is 12.2 Å². The van der Waals surface area contributed by atoms with Crippen LogP contribution >= 0.6 is 0 Å². The van der Waals surface area contributed by atoms with Crippen molar-refractivity contribution in [2.45, 2.75) is 45.6 Å². The second-order valence-electron chi connectivity index (χ2n) is 5.75. The summed E-state index contributed by atoms with van der Waals surface area (Å²) < 4.78 is 0.